The van der Waals surface area contributed by atoms with E-state index in [1.54, 1.807) is 11.1 Å². The van der Waals surface area contributed by atoms with Crippen molar-refractivity contribution in [2.24, 2.45) is 28.6 Å². The van der Waals surface area contributed by atoms with Crippen LogP contribution >= 0.6 is 0 Å². The summed E-state index contributed by atoms with van der Waals surface area (Å²) < 4.78 is 0. The van der Waals surface area contributed by atoms with Crippen LogP contribution < -0.4 is 0 Å². The normalized spacial score (nSPS) is 51.0. The highest BCUT2D eigenvalue weighted by molar-refractivity contribution is 5.32. The minimum atomic E-state index is -0.155. The van der Waals surface area contributed by atoms with Crippen LogP contribution in [0.1, 0.15) is 78.6 Å². The van der Waals surface area contributed by atoms with E-state index in [-0.39, 0.29) is 17.6 Å². The van der Waals surface area contributed by atoms with Crippen molar-refractivity contribution in [2.75, 3.05) is 0 Å². The Morgan fingerprint density at radius 1 is 1.04 bits per heavy atom. The Bertz CT molecular complexity index is 522. The van der Waals surface area contributed by atoms with Crippen molar-refractivity contribution in [1.82, 2.24) is 0 Å². The molecule has 3 saturated carbocycles. The summed E-state index contributed by atoms with van der Waals surface area (Å²) in [7, 11) is 0. The van der Waals surface area contributed by atoms with Crippen LogP contribution in [-0.2, 0) is 0 Å². The molecule has 0 heterocycles. The Labute approximate surface area is 141 Å². The fourth-order valence-electron chi connectivity index (χ4n) is 7.33. The summed E-state index contributed by atoms with van der Waals surface area (Å²) in [5.74, 6) is 2.06. The van der Waals surface area contributed by atoms with E-state index in [0.29, 0.717) is 11.3 Å². The number of rotatable bonds is 1. The molecule has 3 fully saturated rings. The van der Waals surface area contributed by atoms with Crippen molar-refractivity contribution in [2.45, 2.75) is 90.8 Å². The van der Waals surface area contributed by atoms with Gasteiger partial charge in [0.25, 0.3) is 0 Å². The molecule has 0 saturated heterocycles. The predicted octanol–water partition coefficient (Wildman–Crippen LogP) is 4.45. The van der Waals surface area contributed by atoms with E-state index < -0.39 is 0 Å². The quantitative estimate of drug-likeness (QED) is 0.701. The van der Waals surface area contributed by atoms with E-state index >= 15 is 0 Å². The molecule has 2 N–H and O–H groups in total. The lowest BCUT2D eigenvalue weighted by molar-refractivity contribution is -0.00309. The van der Waals surface area contributed by atoms with Gasteiger partial charge in [-0.2, -0.15) is 0 Å². The number of aliphatic hydroxyl groups excluding tert-OH is 2. The summed E-state index contributed by atoms with van der Waals surface area (Å²) >= 11 is 0. The van der Waals surface area contributed by atoms with Gasteiger partial charge in [-0.15, -0.1) is 0 Å². The average Bonchev–Trinajstić information content (AvgIpc) is 2.83. The van der Waals surface area contributed by atoms with E-state index in [4.69, 9.17) is 0 Å². The second-order valence-corrected chi connectivity index (χ2v) is 9.64. The number of fused-ring (bicyclic) bond motifs is 4. The van der Waals surface area contributed by atoms with Gasteiger partial charge in [-0.1, -0.05) is 25.0 Å². The fraction of sp³-hybridized carbons (Fsp3) is 0.905. The number of hydrogen-bond acceptors (Lipinski definition) is 2. The van der Waals surface area contributed by atoms with Crippen LogP contribution in [0.3, 0.4) is 0 Å². The average molecular weight is 319 g/mol. The maximum absolute atomic E-state index is 10.3. The topological polar surface area (TPSA) is 40.5 Å². The molecule has 0 aromatic rings. The van der Waals surface area contributed by atoms with E-state index in [2.05, 4.69) is 13.8 Å². The molecule has 0 aromatic heterocycles. The van der Waals surface area contributed by atoms with Crippen LogP contribution in [0, 0.1) is 28.6 Å². The van der Waals surface area contributed by atoms with Crippen LogP contribution in [-0.4, -0.2) is 22.4 Å². The Morgan fingerprint density at radius 3 is 2.57 bits per heavy atom. The second-order valence-electron chi connectivity index (χ2n) is 9.64. The Balaban J connectivity index is 1.68. The molecule has 2 heteroatoms. The third-order valence-electron chi connectivity index (χ3n) is 8.47. The van der Waals surface area contributed by atoms with Gasteiger partial charge in [-0.3, -0.25) is 0 Å². The zero-order chi connectivity index (χ0) is 16.4. The molecule has 0 aromatic carbocycles. The molecule has 4 rings (SSSR count). The Kier molecular flexibility index (Phi) is 3.74. The Hall–Kier alpha value is -0.340. The lowest BCUT2D eigenvalue weighted by Crippen LogP contribution is -2.45. The predicted molar refractivity (Wildman–Crippen MR) is 93.0 cm³/mol. The molecule has 0 unspecified atom stereocenters. The second kappa shape index (κ2) is 5.33. The third kappa shape index (κ3) is 2.28. The van der Waals surface area contributed by atoms with E-state index in [9.17, 15) is 10.2 Å². The first-order valence-corrected chi connectivity index (χ1v) is 9.94. The molecule has 4 aliphatic carbocycles. The summed E-state index contributed by atoms with van der Waals surface area (Å²) in [6, 6.07) is 0. The summed E-state index contributed by atoms with van der Waals surface area (Å²) in [6.45, 7) is 6.89. The van der Waals surface area contributed by atoms with E-state index in [1.165, 1.54) is 38.5 Å². The van der Waals surface area contributed by atoms with Gasteiger partial charge >= 0.3 is 0 Å². The van der Waals surface area contributed by atoms with Gasteiger partial charge < -0.3 is 10.2 Å². The van der Waals surface area contributed by atoms with Gasteiger partial charge in [-0.05, 0) is 93.3 Å². The van der Waals surface area contributed by atoms with Gasteiger partial charge in [-0.25, -0.2) is 0 Å². The smallest absolute Gasteiger partial charge is 0.0551 e. The zero-order valence-corrected chi connectivity index (χ0v) is 15.1. The van der Waals surface area contributed by atoms with Crippen molar-refractivity contribution in [3.8, 4) is 0 Å². The van der Waals surface area contributed by atoms with Crippen LogP contribution in [0.15, 0.2) is 11.1 Å². The van der Waals surface area contributed by atoms with Gasteiger partial charge in [0.2, 0.25) is 0 Å². The maximum atomic E-state index is 10.3. The largest absolute Gasteiger partial charge is 0.393 e. The number of aliphatic hydroxyl groups is 2. The molecule has 0 bridgehead atoms. The molecule has 0 radical (unpaired) electrons. The lowest BCUT2D eigenvalue weighted by atomic mass is 9.52. The molecular weight excluding hydrogens is 284 g/mol. The third-order valence-corrected chi connectivity index (χ3v) is 8.47. The molecule has 2 nitrogen and oxygen atoms in total. The maximum Gasteiger partial charge on any atom is 0.0551 e. The minimum absolute atomic E-state index is 0.0825. The SMILES string of the molecule is C[C@@H](O)[C@H]1CC[C@H]2[C@@H]3CC[C@]4(C)C[C@@H](O)CCC4=C3CC[C@]12C. The van der Waals surface area contributed by atoms with Gasteiger partial charge in [0.05, 0.1) is 12.2 Å². The first kappa shape index (κ1) is 16.1. The summed E-state index contributed by atoms with van der Waals surface area (Å²) in [5.41, 5.74) is 4.16. The highest BCUT2D eigenvalue weighted by Crippen LogP contribution is 2.64. The molecule has 0 spiro atoms. The van der Waals surface area contributed by atoms with Crippen molar-refractivity contribution in [3.05, 3.63) is 11.1 Å². The van der Waals surface area contributed by atoms with E-state index in [0.717, 1.165) is 31.1 Å². The minimum Gasteiger partial charge on any atom is -0.393 e. The molecule has 23 heavy (non-hydrogen) atoms. The van der Waals surface area contributed by atoms with Crippen LogP contribution in [0.5, 0.6) is 0 Å². The molecule has 130 valence electrons. The zero-order valence-electron chi connectivity index (χ0n) is 15.1. The highest BCUT2D eigenvalue weighted by Gasteiger charge is 2.56. The van der Waals surface area contributed by atoms with Crippen LogP contribution in [0.4, 0.5) is 0 Å². The van der Waals surface area contributed by atoms with Crippen LogP contribution in [0.2, 0.25) is 0 Å². The monoisotopic (exact) mass is 318 g/mol. The molecule has 0 amide bonds. The van der Waals surface area contributed by atoms with E-state index in [1.807, 2.05) is 6.92 Å². The molecule has 0 aliphatic heterocycles. The fourth-order valence-corrected chi connectivity index (χ4v) is 7.33. The van der Waals surface area contributed by atoms with Gasteiger partial charge in [0, 0.05) is 0 Å². The van der Waals surface area contributed by atoms with Crippen molar-refractivity contribution < 1.29 is 10.2 Å². The van der Waals surface area contributed by atoms with Crippen molar-refractivity contribution >= 4 is 0 Å². The molecular formula is C21H34O2. The van der Waals surface area contributed by atoms with Crippen LogP contribution in [0.25, 0.3) is 0 Å². The first-order valence-electron chi connectivity index (χ1n) is 9.94. The number of hydrogen-bond donors (Lipinski definition) is 2. The molecule has 4 aliphatic rings. The van der Waals surface area contributed by atoms with Crippen molar-refractivity contribution in [1.29, 1.82) is 0 Å². The van der Waals surface area contributed by atoms with Crippen molar-refractivity contribution in [3.63, 3.8) is 0 Å². The molecule has 7 atom stereocenters. The standard InChI is InChI=1S/C21H34O2/c1-13(22)17-6-7-19-16-8-10-20(2)12-14(23)4-5-18(20)15(16)9-11-21(17,19)3/h13-14,16-17,19,22-23H,4-12H2,1-3H3/t13-,14+,16-,17-,19+,20-,21-/m1/s1. The number of allylic oxidation sites excluding steroid dienone is 2. The summed E-state index contributed by atoms with van der Waals surface area (Å²) in [5, 5.41) is 20.4. The highest BCUT2D eigenvalue weighted by atomic mass is 16.3. The van der Waals surface area contributed by atoms with Gasteiger partial charge in [0.1, 0.15) is 0 Å². The first-order chi connectivity index (χ1) is 10.8. The summed E-state index contributed by atoms with van der Waals surface area (Å²) in [6.07, 6.45) is 10.5. The Morgan fingerprint density at radius 2 is 1.83 bits per heavy atom. The lowest BCUT2D eigenvalue weighted by Gasteiger charge is -2.54. The summed E-state index contributed by atoms with van der Waals surface area (Å²) in [4.78, 5) is 0. The van der Waals surface area contributed by atoms with Gasteiger partial charge in [0.15, 0.2) is 0 Å².